The van der Waals surface area contributed by atoms with Crippen molar-refractivity contribution in [2.75, 3.05) is 0 Å². The van der Waals surface area contributed by atoms with Gasteiger partial charge in [-0.05, 0) is 41.7 Å². The molecule has 1 aromatic heterocycles. The molecule has 0 aliphatic heterocycles. The van der Waals surface area contributed by atoms with Crippen LogP contribution in [0.3, 0.4) is 0 Å². The molecular weight excluding hydrogens is 236 g/mol. The van der Waals surface area contributed by atoms with E-state index in [0.29, 0.717) is 6.61 Å². The van der Waals surface area contributed by atoms with Crippen LogP contribution < -0.4 is 5.73 Å². The van der Waals surface area contributed by atoms with Crippen molar-refractivity contribution in [3.05, 3.63) is 65.5 Å². The largest absolute Gasteiger partial charge is 0.369 e. The smallest absolute Gasteiger partial charge is 0.0833 e. The maximum atomic E-state index is 6.15. The summed E-state index contributed by atoms with van der Waals surface area (Å²) in [4.78, 5) is 4.01. The van der Waals surface area contributed by atoms with Gasteiger partial charge < -0.3 is 10.5 Å². The van der Waals surface area contributed by atoms with Crippen LogP contribution in [-0.4, -0.2) is 4.98 Å². The van der Waals surface area contributed by atoms with Gasteiger partial charge in [0.05, 0.1) is 12.7 Å². The molecule has 98 valence electrons. The number of ether oxygens (including phenoxy) is 1. The van der Waals surface area contributed by atoms with E-state index in [0.717, 1.165) is 18.4 Å². The molecule has 2 N–H and O–H groups in total. The molecule has 0 fully saturated rings. The molecule has 1 aliphatic carbocycles. The highest BCUT2D eigenvalue weighted by molar-refractivity contribution is 5.33. The van der Waals surface area contributed by atoms with Crippen molar-refractivity contribution in [2.45, 2.75) is 31.6 Å². The second-order valence-electron chi connectivity index (χ2n) is 4.97. The van der Waals surface area contributed by atoms with E-state index in [1.807, 2.05) is 18.2 Å². The summed E-state index contributed by atoms with van der Waals surface area (Å²) in [7, 11) is 0. The zero-order valence-corrected chi connectivity index (χ0v) is 10.8. The van der Waals surface area contributed by atoms with Gasteiger partial charge in [0.1, 0.15) is 0 Å². The molecule has 1 heterocycles. The van der Waals surface area contributed by atoms with Crippen molar-refractivity contribution in [3.63, 3.8) is 0 Å². The van der Waals surface area contributed by atoms with Gasteiger partial charge in [-0.25, -0.2) is 0 Å². The molecule has 3 rings (SSSR count). The van der Waals surface area contributed by atoms with Gasteiger partial charge in [0, 0.05) is 18.4 Å². The number of fused-ring (bicyclic) bond motifs is 1. The van der Waals surface area contributed by atoms with E-state index in [-0.39, 0.29) is 12.1 Å². The van der Waals surface area contributed by atoms with Crippen molar-refractivity contribution in [3.8, 4) is 0 Å². The number of pyridine rings is 1. The molecule has 2 atom stereocenters. The standard InChI is InChI=1S/C16H18N2O/c17-15-5-6-16(14-4-2-1-3-13(14)15)19-11-12-7-9-18-10-8-12/h1-4,7-10,15-16H,5-6,11,17H2/t15-,16-/m0/s1. The number of aromatic nitrogens is 1. The molecule has 0 amide bonds. The van der Waals surface area contributed by atoms with E-state index in [2.05, 4.69) is 23.2 Å². The minimum absolute atomic E-state index is 0.150. The Balaban J connectivity index is 1.74. The predicted molar refractivity (Wildman–Crippen MR) is 74.4 cm³/mol. The molecule has 3 heteroatoms. The maximum absolute atomic E-state index is 6.15. The second-order valence-corrected chi connectivity index (χ2v) is 4.97. The molecule has 0 saturated carbocycles. The molecule has 0 unspecified atom stereocenters. The Morgan fingerprint density at radius 2 is 1.79 bits per heavy atom. The monoisotopic (exact) mass is 254 g/mol. The summed E-state index contributed by atoms with van der Waals surface area (Å²) in [6.07, 6.45) is 5.72. The zero-order chi connectivity index (χ0) is 13.1. The predicted octanol–water partition coefficient (Wildman–Crippen LogP) is 3.13. The summed E-state index contributed by atoms with van der Waals surface area (Å²) < 4.78 is 6.06. The van der Waals surface area contributed by atoms with Gasteiger partial charge in [0.25, 0.3) is 0 Å². The van der Waals surface area contributed by atoms with Crippen LogP contribution in [0.25, 0.3) is 0 Å². The fraction of sp³-hybridized carbons (Fsp3) is 0.312. The summed E-state index contributed by atoms with van der Waals surface area (Å²) in [6.45, 7) is 0.622. The molecular formula is C16H18N2O. The average molecular weight is 254 g/mol. The quantitative estimate of drug-likeness (QED) is 0.915. The van der Waals surface area contributed by atoms with Gasteiger partial charge in [-0.1, -0.05) is 24.3 Å². The van der Waals surface area contributed by atoms with Gasteiger partial charge in [0.15, 0.2) is 0 Å². The lowest BCUT2D eigenvalue weighted by molar-refractivity contribution is 0.0258. The van der Waals surface area contributed by atoms with Crippen LogP contribution in [-0.2, 0) is 11.3 Å². The Labute approximate surface area is 113 Å². The first-order valence-electron chi connectivity index (χ1n) is 6.69. The van der Waals surface area contributed by atoms with Crippen LogP contribution in [0.1, 0.15) is 41.7 Å². The van der Waals surface area contributed by atoms with Gasteiger partial charge in [0.2, 0.25) is 0 Å². The number of hydrogen-bond acceptors (Lipinski definition) is 3. The fourth-order valence-electron chi connectivity index (χ4n) is 2.63. The Bertz CT molecular complexity index is 541. The zero-order valence-electron chi connectivity index (χ0n) is 10.8. The Kier molecular flexibility index (Phi) is 3.58. The van der Waals surface area contributed by atoms with Crippen molar-refractivity contribution < 1.29 is 4.74 Å². The highest BCUT2D eigenvalue weighted by atomic mass is 16.5. The highest BCUT2D eigenvalue weighted by Gasteiger charge is 2.25. The molecule has 0 spiro atoms. The van der Waals surface area contributed by atoms with Crippen LogP contribution in [0, 0.1) is 0 Å². The molecule has 3 nitrogen and oxygen atoms in total. The van der Waals surface area contributed by atoms with Crippen molar-refractivity contribution in [1.82, 2.24) is 4.98 Å². The number of benzene rings is 1. The molecule has 1 aromatic carbocycles. The first-order chi connectivity index (χ1) is 9.34. The van der Waals surface area contributed by atoms with Crippen LogP contribution in [0.4, 0.5) is 0 Å². The third-order valence-electron chi connectivity index (χ3n) is 3.68. The van der Waals surface area contributed by atoms with Gasteiger partial charge in [-0.15, -0.1) is 0 Å². The molecule has 19 heavy (non-hydrogen) atoms. The van der Waals surface area contributed by atoms with E-state index in [1.54, 1.807) is 12.4 Å². The normalized spacial score (nSPS) is 21.9. The summed E-state index contributed by atoms with van der Waals surface area (Å²) in [5.74, 6) is 0. The molecule has 2 aromatic rings. The molecule has 0 bridgehead atoms. The lowest BCUT2D eigenvalue weighted by Crippen LogP contribution is -2.21. The van der Waals surface area contributed by atoms with Crippen LogP contribution >= 0.6 is 0 Å². The van der Waals surface area contributed by atoms with E-state index in [9.17, 15) is 0 Å². The van der Waals surface area contributed by atoms with Crippen LogP contribution in [0.5, 0.6) is 0 Å². The third kappa shape index (κ3) is 2.67. The van der Waals surface area contributed by atoms with Crippen LogP contribution in [0.2, 0.25) is 0 Å². The summed E-state index contributed by atoms with van der Waals surface area (Å²) in [5.41, 5.74) is 9.78. The van der Waals surface area contributed by atoms with E-state index in [4.69, 9.17) is 10.5 Å². The van der Waals surface area contributed by atoms with Crippen molar-refractivity contribution >= 4 is 0 Å². The minimum Gasteiger partial charge on any atom is -0.369 e. The van der Waals surface area contributed by atoms with Gasteiger partial charge >= 0.3 is 0 Å². The average Bonchev–Trinajstić information content (AvgIpc) is 2.48. The topological polar surface area (TPSA) is 48.1 Å². The van der Waals surface area contributed by atoms with Crippen molar-refractivity contribution in [1.29, 1.82) is 0 Å². The van der Waals surface area contributed by atoms with E-state index >= 15 is 0 Å². The third-order valence-corrected chi connectivity index (χ3v) is 3.68. The Hall–Kier alpha value is -1.71. The lowest BCUT2D eigenvalue weighted by atomic mass is 9.86. The van der Waals surface area contributed by atoms with E-state index < -0.39 is 0 Å². The van der Waals surface area contributed by atoms with Gasteiger partial charge in [-0.3, -0.25) is 4.98 Å². The molecule has 0 radical (unpaired) electrons. The molecule has 1 aliphatic rings. The van der Waals surface area contributed by atoms with Crippen LogP contribution in [0.15, 0.2) is 48.8 Å². The number of rotatable bonds is 3. The summed E-state index contributed by atoms with van der Waals surface area (Å²) >= 11 is 0. The Morgan fingerprint density at radius 3 is 2.58 bits per heavy atom. The maximum Gasteiger partial charge on any atom is 0.0833 e. The summed E-state index contributed by atoms with van der Waals surface area (Å²) in [6, 6.07) is 12.5. The number of nitrogens with two attached hydrogens (primary N) is 1. The minimum atomic E-state index is 0.150. The van der Waals surface area contributed by atoms with Gasteiger partial charge in [-0.2, -0.15) is 0 Å². The first-order valence-corrected chi connectivity index (χ1v) is 6.69. The summed E-state index contributed by atoms with van der Waals surface area (Å²) in [5, 5.41) is 0. The second kappa shape index (κ2) is 5.51. The van der Waals surface area contributed by atoms with Crippen molar-refractivity contribution in [2.24, 2.45) is 5.73 Å². The Morgan fingerprint density at radius 1 is 1.05 bits per heavy atom. The number of nitrogens with zero attached hydrogens (tertiary/aromatic N) is 1. The first kappa shape index (κ1) is 12.3. The SMILES string of the molecule is N[C@H]1CC[C@H](OCc2ccncc2)c2ccccc21. The molecule has 0 saturated heterocycles. The lowest BCUT2D eigenvalue weighted by Gasteiger charge is -2.29. The highest BCUT2D eigenvalue weighted by Crippen LogP contribution is 2.37. The number of hydrogen-bond donors (Lipinski definition) is 1. The fourth-order valence-corrected chi connectivity index (χ4v) is 2.63. The van der Waals surface area contributed by atoms with E-state index in [1.165, 1.54) is 11.1 Å².